The van der Waals surface area contributed by atoms with Gasteiger partial charge in [-0.3, -0.25) is 14.9 Å². The lowest BCUT2D eigenvalue weighted by Gasteiger charge is -2.35. The molecule has 0 radical (unpaired) electrons. The summed E-state index contributed by atoms with van der Waals surface area (Å²) in [6.45, 7) is 0. The summed E-state index contributed by atoms with van der Waals surface area (Å²) in [6, 6.07) is 17.4. The molecular formula is C28H22N6O2. The zero-order valence-corrected chi connectivity index (χ0v) is 19.3. The molecular weight excluding hydrogens is 452 g/mol. The number of anilines is 1. The van der Waals surface area contributed by atoms with Gasteiger partial charge >= 0.3 is 0 Å². The molecule has 8 nitrogen and oxygen atoms in total. The normalized spacial score (nSPS) is 25.8. The summed E-state index contributed by atoms with van der Waals surface area (Å²) in [5.74, 6) is 0.183. The zero-order valence-electron chi connectivity index (χ0n) is 19.3. The van der Waals surface area contributed by atoms with Gasteiger partial charge < -0.3 is 10.2 Å². The average Bonchev–Trinajstić information content (AvgIpc) is 3.70. The van der Waals surface area contributed by atoms with E-state index < -0.39 is 5.60 Å². The number of oxime groups is 1. The zero-order chi connectivity index (χ0) is 24.3. The average molecular weight is 475 g/mol. The number of amides is 1. The number of aromatic amines is 1. The molecule has 0 saturated heterocycles. The number of rotatable bonds is 4. The van der Waals surface area contributed by atoms with Crippen LogP contribution in [0.3, 0.4) is 0 Å². The number of nitrogens with zero attached hydrogens (tertiary/aromatic N) is 4. The van der Waals surface area contributed by atoms with Crippen molar-refractivity contribution < 1.29 is 9.63 Å². The predicted octanol–water partition coefficient (Wildman–Crippen LogP) is 4.65. The Morgan fingerprint density at radius 1 is 1.08 bits per heavy atom. The van der Waals surface area contributed by atoms with Crippen molar-refractivity contribution in [3.63, 3.8) is 0 Å². The topological polar surface area (TPSA) is 116 Å². The Kier molecular flexibility index (Phi) is 4.48. The number of nitriles is 1. The third-order valence-electron chi connectivity index (χ3n) is 8.01. The summed E-state index contributed by atoms with van der Waals surface area (Å²) in [7, 11) is 0. The van der Waals surface area contributed by atoms with Crippen LogP contribution >= 0.6 is 0 Å². The highest BCUT2D eigenvalue weighted by atomic mass is 16.7. The number of nitrogens with one attached hydrogen (secondary N) is 2. The van der Waals surface area contributed by atoms with E-state index in [2.05, 4.69) is 31.7 Å². The fourth-order valence-corrected chi connectivity index (χ4v) is 6.41. The molecule has 2 bridgehead atoms. The van der Waals surface area contributed by atoms with Crippen molar-refractivity contribution in [3.05, 3.63) is 78.2 Å². The Balaban J connectivity index is 1.22. The highest BCUT2D eigenvalue weighted by molar-refractivity contribution is 6.11. The minimum atomic E-state index is -1.01. The number of H-pyrrole nitrogens is 1. The SMILES string of the molecule is N#Cc1cccc(-c2cncc(C3=NOC4(C(=O)Nc5ccc6[nH]ncc6c5)C5CCC(C5)C34)c2)c1. The van der Waals surface area contributed by atoms with Gasteiger partial charge in [-0.25, -0.2) is 0 Å². The van der Waals surface area contributed by atoms with Gasteiger partial charge in [0.1, 0.15) is 0 Å². The molecule has 4 atom stereocenters. The van der Waals surface area contributed by atoms with E-state index in [1.54, 1.807) is 24.7 Å². The minimum Gasteiger partial charge on any atom is -0.378 e. The van der Waals surface area contributed by atoms with Gasteiger partial charge in [0.15, 0.2) is 0 Å². The molecule has 1 amide bonds. The highest BCUT2D eigenvalue weighted by Gasteiger charge is 2.69. The van der Waals surface area contributed by atoms with E-state index in [0.717, 1.165) is 52.6 Å². The highest BCUT2D eigenvalue weighted by Crippen LogP contribution is 2.60. The molecule has 2 fully saturated rings. The molecule has 8 heteroatoms. The molecule has 2 aromatic carbocycles. The first-order valence-electron chi connectivity index (χ1n) is 12.1. The van der Waals surface area contributed by atoms with Gasteiger partial charge in [-0.1, -0.05) is 17.3 Å². The number of hydrogen-bond donors (Lipinski definition) is 2. The largest absolute Gasteiger partial charge is 0.378 e. The molecule has 1 aliphatic heterocycles. The molecule has 36 heavy (non-hydrogen) atoms. The monoisotopic (exact) mass is 474 g/mol. The Morgan fingerprint density at radius 2 is 2.00 bits per heavy atom. The van der Waals surface area contributed by atoms with Crippen molar-refractivity contribution in [2.45, 2.75) is 24.9 Å². The third kappa shape index (κ3) is 2.99. The number of fused-ring (bicyclic) bond motifs is 6. The quantitative estimate of drug-likeness (QED) is 0.446. The van der Waals surface area contributed by atoms with Crippen LogP contribution in [-0.2, 0) is 9.63 Å². The first-order valence-corrected chi connectivity index (χ1v) is 12.1. The van der Waals surface area contributed by atoms with Crippen LogP contribution in [0.25, 0.3) is 22.0 Å². The van der Waals surface area contributed by atoms with E-state index >= 15 is 0 Å². The Morgan fingerprint density at radius 3 is 2.92 bits per heavy atom. The predicted molar refractivity (Wildman–Crippen MR) is 134 cm³/mol. The maximum Gasteiger partial charge on any atom is 0.272 e. The summed E-state index contributed by atoms with van der Waals surface area (Å²) >= 11 is 0. The van der Waals surface area contributed by atoms with Crippen LogP contribution in [0.5, 0.6) is 0 Å². The lowest BCUT2D eigenvalue weighted by atomic mass is 9.71. The number of benzene rings is 2. The van der Waals surface area contributed by atoms with Gasteiger partial charge in [0.25, 0.3) is 5.91 Å². The van der Waals surface area contributed by atoms with Crippen molar-refractivity contribution in [2.75, 3.05) is 5.32 Å². The standard InChI is InChI=1S/C28H22N6O2/c29-12-16-2-1-3-17(8-16)19-9-21(14-30-13-19)26-25-18-4-5-22(10-18)28(25,36-34-26)27(35)32-23-6-7-24-20(11-23)15-31-33-24/h1-3,6-9,11,13-15,18,22,25H,4-5,10H2,(H,31,33)(H,32,35). The van der Waals surface area contributed by atoms with E-state index in [1.165, 1.54) is 0 Å². The van der Waals surface area contributed by atoms with E-state index in [1.807, 2.05) is 42.5 Å². The van der Waals surface area contributed by atoms with E-state index in [4.69, 9.17) is 4.84 Å². The van der Waals surface area contributed by atoms with Crippen molar-refractivity contribution in [1.82, 2.24) is 15.2 Å². The van der Waals surface area contributed by atoms with Crippen molar-refractivity contribution >= 4 is 28.2 Å². The smallest absolute Gasteiger partial charge is 0.272 e. The summed E-state index contributed by atoms with van der Waals surface area (Å²) in [4.78, 5) is 24.4. The van der Waals surface area contributed by atoms with Crippen LogP contribution in [-0.4, -0.2) is 32.4 Å². The number of hydrogen-bond acceptors (Lipinski definition) is 6. The second-order valence-corrected chi connectivity index (χ2v) is 9.89. The molecule has 176 valence electrons. The Bertz CT molecular complexity index is 1600. The summed E-state index contributed by atoms with van der Waals surface area (Å²) in [5.41, 5.74) is 4.65. The fourth-order valence-electron chi connectivity index (χ4n) is 6.41. The molecule has 4 unspecified atom stereocenters. The summed E-state index contributed by atoms with van der Waals surface area (Å²) in [5, 5.41) is 24.8. The van der Waals surface area contributed by atoms with Crippen LogP contribution in [0.2, 0.25) is 0 Å². The molecule has 2 N–H and O–H groups in total. The van der Waals surface area contributed by atoms with Crippen LogP contribution in [0.1, 0.15) is 30.4 Å². The third-order valence-corrected chi connectivity index (χ3v) is 8.01. The van der Waals surface area contributed by atoms with Gasteiger partial charge in [0, 0.05) is 40.5 Å². The van der Waals surface area contributed by atoms with Gasteiger partial charge in [-0.2, -0.15) is 10.4 Å². The van der Waals surface area contributed by atoms with Crippen LogP contribution in [0.15, 0.2) is 72.3 Å². The van der Waals surface area contributed by atoms with Crippen molar-refractivity contribution in [3.8, 4) is 17.2 Å². The molecule has 2 saturated carbocycles. The van der Waals surface area contributed by atoms with Crippen LogP contribution in [0.4, 0.5) is 5.69 Å². The van der Waals surface area contributed by atoms with Gasteiger partial charge in [-0.15, -0.1) is 0 Å². The number of carbonyl (C=O) groups excluding carboxylic acids is 1. The fraction of sp³-hybridized carbons (Fsp3) is 0.250. The molecule has 2 aromatic heterocycles. The lowest BCUT2D eigenvalue weighted by molar-refractivity contribution is -0.149. The first kappa shape index (κ1) is 20.8. The van der Waals surface area contributed by atoms with Crippen LogP contribution in [0, 0.1) is 29.1 Å². The van der Waals surface area contributed by atoms with E-state index in [-0.39, 0.29) is 17.7 Å². The molecule has 7 rings (SSSR count). The van der Waals surface area contributed by atoms with Crippen LogP contribution < -0.4 is 5.32 Å². The van der Waals surface area contributed by atoms with Crippen molar-refractivity contribution in [2.24, 2.45) is 22.9 Å². The minimum absolute atomic E-state index is 0.120. The van der Waals surface area contributed by atoms with Crippen molar-refractivity contribution in [1.29, 1.82) is 5.26 Å². The summed E-state index contributed by atoms with van der Waals surface area (Å²) in [6.07, 6.45) is 8.27. The van der Waals surface area contributed by atoms with Gasteiger partial charge in [0.2, 0.25) is 5.60 Å². The molecule has 4 aromatic rings. The number of pyridine rings is 1. The summed E-state index contributed by atoms with van der Waals surface area (Å²) < 4.78 is 0. The second-order valence-electron chi connectivity index (χ2n) is 9.89. The second kappa shape index (κ2) is 7.75. The number of aromatic nitrogens is 3. The van der Waals surface area contributed by atoms with E-state index in [0.29, 0.717) is 17.2 Å². The maximum absolute atomic E-state index is 13.8. The Labute approximate surface area is 207 Å². The maximum atomic E-state index is 13.8. The Hall–Kier alpha value is -4.51. The van der Waals surface area contributed by atoms with E-state index in [9.17, 15) is 10.1 Å². The molecule has 0 spiro atoms. The lowest BCUT2D eigenvalue weighted by Crippen LogP contribution is -2.53. The molecule has 2 aliphatic carbocycles. The molecule has 3 heterocycles. The first-order chi connectivity index (χ1) is 17.7. The molecule has 3 aliphatic rings. The van der Waals surface area contributed by atoms with Gasteiger partial charge in [0.05, 0.1) is 35.0 Å². The number of carbonyl (C=O) groups is 1. The van der Waals surface area contributed by atoms with Gasteiger partial charge in [-0.05, 0) is 67.1 Å².